The molecule has 1 heterocycles. The lowest BCUT2D eigenvalue weighted by Gasteiger charge is -2.16. The zero-order valence-electron chi connectivity index (χ0n) is 12.1. The number of halogens is 2. The van der Waals surface area contributed by atoms with Crippen LogP contribution in [0.2, 0.25) is 0 Å². The van der Waals surface area contributed by atoms with Crippen molar-refractivity contribution < 1.29 is 4.74 Å². The van der Waals surface area contributed by atoms with Crippen LogP contribution in [0, 0.1) is 0 Å². The Morgan fingerprint density at radius 2 is 2.05 bits per heavy atom. The third kappa shape index (κ3) is 4.83. The summed E-state index contributed by atoms with van der Waals surface area (Å²) in [6, 6.07) is 4.54. The fourth-order valence-electron chi connectivity index (χ4n) is 2.06. The molecule has 1 unspecified atom stereocenters. The molecular formula is C15H19Br2N3O. The lowest BCUT2D eigenvalue weighted by atomic mass is 10.2. The van der Waals surface area contributed by atoms with Crippen LogP contribution in [0.1, 0.15) is 19.4 Å². The molecule has 2 aromatic rings. The van der Waals surface area contributed by atoms with E-state index in [1.54, 1.807) is 6.20 Å². The molecule has 1 aromatic heterocycles. The van der Waals surface area contributed by atoms with Gasteiger partial charge in [-0.3, -0.25) is 0 Å². The Kier molecular flexibility index (Phi) is 6.26. The molecule has 0 fully saturated rings. The summed E-state index contributed by atoms with van der Waals surface area (Å²) in [5, 5.41) is 3.51. The molecule has 1 aromatic carbocycles. The molecule has 0 aliphatic carbocycles. The number of ether oxygens (including phenoxy) is 1. The highest BCUT2D eigenvalue weighted by Crippen LogP contribution is 2.34. The summed E-state index contributed by atoms with van der Waals surface area (Å²) in [4.78, 5) is 4.05. The van der Waals surface area contributed by atoms with Crippen LogP contribution in [0.15, 0.2) is 39.8 Å². The predicted octanol–water partition coefficient (Wildman–Crippen LogP) is 3.99. The first-order chi connectivity index (χ1) is 10.1. The lowest BCUT2D eigenvalue weighted by molar-refractivity contribution is 0.336. The highest BCUT2D eigenvalue weighted by molar-refractivity contribution is 9.11. The largest absolute Gasteiger partial charge is 0.492 e. The molecule has 114 valence electrons. The number of aromatic nitrogens is 2. The first kappa shape index (κ1) is 16.5. The number of hydrogen-bond acceptors (Lipinski definition) is 3. The smallest absolute Gasteiger partial charge is 0.147 e. The van der Waals surface area contributed by atoms with Gasteiger partial charge in [-0.2, -0.15) is 0 Å². The fraction of sp³-hybridized carbons (Fsp3) is 0.400. The normalized spacial score (nSPS) is 12.4. The highest BCUT2D eigenvalue weighted by Gasteiger charge is 2.09. The van der Waals surface area contributed by atoms with Gasteiger partial charge in [0.2, 0.25) is 0 Å². The van der Waals surface area contributed by atoms with Crippen molar-refractivity contribution in [1.82, 2.24) is 14.9 Å². The van der Waals surface area contributed by atoms with Crippen molar-refractivity contribution in [1.29, 1.82) is 0 Å². The van der Waals surface area contributed by atoms with Crippen molar-refractivity contribution in [2.75, 3.05) is 6.61 Å². The SMILES string of the molecule is CCOc1c(Br)cc(CNC(C)Cn2ccnc2)cc1Br. The summed E-state index contributed by atoms with van der Waals surface area (Å²) in [5.74, 6) is 0.854. The molecule has 2 rings (SSSR count). The van der Waals surface area contributed by atoms with E-state index in [-0.39, 0.29) is 0 Å². The molecule has 0 amide bonds. The Balaban J connectivity index is 1.94. The molecule has 0 bridgehead atoms. The van der Waals surface area contributed by atoms with Crippen LogP contribution in [-0.4, -0.2) is 22.2 Å². The molecule has 21 heavy (non-hydrogen) atoms. The van der Waals surface area contributed by atoms with Crippen LogP contribution in [0.25, 0.3) is 0 Å². The van der Waals surface area contributed by atoms with Crippen LogP contribution in [0.5, 0.6) is 5.75 Å². The molecule has 0 aliphatic rings. The van der Waals surface area contributed by atoms with Crippen LogP contribution in [-0.2, 0) is 13.1 Å². The van der Waals surface area contributed by atoms with E-state index in [4.69, 9.17) is 4.74 Å². The van der Waals surface area contributed by atoms with E-state index in [0.29, 0.717) is 12.6 Å². The van der Waals surface area contributed by atoms with Gasteiger partial charge in [0, 0.05) is 31.5 Å². The first-order valence-corrected chi connectivity index (χ1v) is 8.48. The Labute approximate surface area is 142 Å². The second-order valence-electron chi connectivity index (χ2n) is 4.86. The van der Waals surface area contributed by atoms with Gasteiger partial charge in [-0.15, -0.1) is 0 Å². The Morgan fingerprint density at radius 1 is 1.33 bits per heavy atom. The van der Waals surface area contributed by atoms with E-state index >= 15 is 0 Å². The molecule has 1 atom stereocenters. The Hall–Kier alpha value is -0.850. The monoisotopic (exact) mass is 415 g/mol. The fourth-order valence-corrected chi connectivity index (χ4v) is 3.57. The molecule has 4 nitrogen and oxygen atoms in total. The lowest BCUT2D eigenvalue weighted by Crippen LogP contribution is -2.29. The van der Waals surface area contributed by atoms with Gasteiger partial charge in [0.25, 0.3) is 0 Å². The number of rotatable bonds is 7. The minimum absolute atomic E-state index is 0.364. The van der Waals surface area contributed by atoms with E-state index in [1.165, 1.54) is 5.56 Å². The molecule has 6 heteroatoms. The van der Waals surface area contributed by atoms with Crippen molar-refractivity contribution in [3.05, 3.63) is 45.4 Å². The maximum absolute atomic E-state index is 5.59. The minimum atomic E-state index is 0.364. The van der Waals surface area contributed by atoms with E-state index in [0.717, 1.165) is 27.8 Å². The summed E-state index contributed by atoms with van der Waals surface area (Å²) in [5.41, 5.74) is 1.20. The van der Waals surface area contributed by atoms with Gasteiger partial charge in [-0.1, -0.05) is 0 Å². The second-order valence-corrected chi connectivity index (χ2v) is 6.57. The minimum Gasteiger partial charge on any atom is -0.492 e. The highest BCUT2D eigenvalue weighted by atomic mass is 79.9. The van der Waals surface area contributed by atoms with Gasteiger partial charge in [0.05, 0.1) is 21.9 Å². The first-order valence-electron chi connectivity index (χ1n) is 6.90. The topological polar surface area (TPSA) is 39.1 Å². The molecule has 1 N–H and O–H groups in total. The van der Waals surface area contributed by atoms with E-state index in [9.17, 15) is 0 Å². The molecule has 0 saturated carbocycles. The van der Waals surface area contributed by atoms with Gasteiger partial charge < -0.3 is 14.6 Å². The average Bonchev–Trinajstić information content (AvgIpc) is 2.93. The quantitative estimate of drug-likeness (QED) is 0.741. The molecule has 0 saturated heterocycles. The third-order valence-corrected chi connectivity index (χ3v) is 4.22. The summed E-state index contributed by atoms with van der Waals surface area (Å²) in [6.45, 7) is 6.50. The van der Waals surface area contributed by atoms with E-state index in [1.807, 2.05) is 19.4 Å². The van der Waals surface area contributed by atoms with Crippen molar-refractivity contribution in [2.24, 2.45) is 0 Å². The van der Waals surface area contributed by atoms with Gasteiger partial charge in [0.1, 0.15) is 5.75 Å². The molecular weight excluding hydrogens is 398 g/mol. The summed E-state index contributed by atoms with van der Waals surface area (Å²) >= 11 is 7.12. The zero-order chi connectivity index (χ0) is 15.2. The number of hydrogen-bond donors (Lipinski definition) is 1. The van der Waals surface area contributed by atoms with Gasteiger partial charge >= 0.3 is 0 Å². The molecule has 0 radical (unpaired) electrons. The van der Waals surface area contributed by atoms with Crippen molar-refractivity contribution in [2.45, 2.75) is 33.0 Å². The number of nitrogens with one attached hydrogen (secondary N) is 1. The summed E-state index contributed by atoms with van der Waals surface area (Å²) < 4.78 is 9.61. The second kappa shape index (κ2) is 7.96. The van der Waals surface area contributed by atoms with Gasteiger partial charge in [0.15, 0.2) is 0 Å². The van der Waals surface area contributed by atoms with Crippen molar-refractivity contribution in [3.8, 4) is 5.75 Å². The zero-order valence-corrected chi connectivity index (χ0v) is 15.3. The van der Waals surface area contributed by atoms with Crippen molar-refractivity contribution in [3.63, 3.8) is 0 Å². The number of imidazole rings is 1. The summed E-state index contributed by atoms with van der Waals surface area (Å²) in [6.07, 6.45) is 5.61. The molecule has 0 spiro atoms. The number of nitrogens with zero attached hydrogens (tertiary/aromatic N) is 2. The van der Waals surface area contributed by atoms with Crippen LogP contribution in [0.3, 0.4) is 0 Å². The third-order valence-electron chi connectivity index (χ3n) is 3.05. The Morgan fingerprint density at radius 3 is 2.62 bits per heavy atom. The molecule has 0 aliphatic heterocycles. The van der Waals surface area contributed by atoms with Gasteiger partial charge in [-0.25, -0.2) is 4.98 Å². The standard InChI is InChI=1S/C15H19Br2N3O/c1-3-21-15-13(16)6-12(7-14(15)17)8-19-11(2)9-20-5-4-18-10-20/h4-7,10-11,19H,3,8-9H2,1-2H3. The number of benzene rings is 1. The van der Waals surface area contributed by atoms with Crippen LogP contribution >= 0.6 is 31.9 Å². The van der Waals surface area contributed by atoms with E-state index < -0.39 is 0 Å². The van der Waals surface area contributed by atoms with Crippen LogP contribution in [0.4, 0.5) is 0 Å². The van der Waals surface area contributed by atoms with E-state index in [2.05, 4.69) is 65.8 Å². The van der Waals surface area contributed by atoms with Crippen molar-refractivity contribution >= 4 is 31.9 Å². The maximum Gasteiger partial charge on any atom is 0.147 e. The average molecular weight is 417 g/mol. The van der Waals surface area contributed by atoms with Gasteiger partial charge in [-0.05, 0) is 63.4 Å². The predicted molar refractivity (Wildman–Crippen MR) is 91.5 cm³/mol. The Bertz CT molecular complexity index is 549. The maximum atomic E-state index is 5.59. The van der Waals surface area contributed by atoms with Crippen LogP contribution < -0.4 is 10.1 Å². The summed E-state index contributed by atoms with van der Waals surface area (Å²) in [7, 11) is 0.